The van der Waals surface area contributed by atoms with Gasteiger partial charge in [-0.3, -0.25) is 4.79 Å². The van der Waals surface area contributed by atoms with Gasteiger partial charge >= 0.3 is 0 Å². The number of aromatic nitrogens is 3. The molecule has 0 atom stereocenters. The molecule has 3 aromatic heterocycles. The molecule has 138 valence electrons. The smallest absolute Gasteiger partial charge is 0.230 e. The number of rotatable bonds is 5. The van der Waals surface area contributed by atoms with Gasteiger partial charge in [-0.2, -0.15) is 0 Å². The summed E-state index contributed by atoms with van der Waals surface area (Å²) in [5, 5.41) is 4.82. The molecule has 0 bridgehead atoms. The molecule has 0 spiro atoms. The van der Waals surface area contributed by atoms with Gasteiger partial charge in [0.25, 0.3) is 0 Å². The van der Waals surface area contributed by atoms with E-state index in [0.29, 0.717) is 12.2 Å². The first-order valence-corrected chi connectivity index (χ1v) is 9.71. The van der Waals surface area contributed by atoms with E-state index in [4.69, 9.17) is 0 Å². The molecule has 1 aliphatic heterocycles. The molecular formula is C19H20N6OS. The van der Waals surface area contributed by atoms with Gasteiger partial charge in [0.05, 0.1) is 18.3 Å². The largest absolute Gasteiger partial charge is 0.367 e. The number of carbonyl (C=O) groups is 1. The molecule has 0 saturated carbocycles. The molecule has 3 aromatic rings. The molecule has 1 amide bonds. The van der Waals surface area contributed by atoms with E-state index in [1.54, 1.807) is 23.7 Å². The van der Waals surface area contributed by atoms with E-state index < -0.39 is 0 Å². The molecule has 27 heavy (non-hydrogen) atoms. The lowest BCUT2D eigenvalue weighted by atomic mass is 10.2. The lowest BCUT2D eigenvalue weighted by Gasteiger charge is -2.35. The van der Waals surface area contributed by atoms with E-state index in [9.17, 15) is 4.79 Å². The van der Waals surface area contributed by atoms with Crippen molar-refractivity contribution in [2.75, 3.05) is 41.3 Å². The molecule has 1 aliphatic rings. The number of nitrogens with one attached hydrogen (secondary N) is 1. The SMILES string of the molecule is O=C(Cc1cccs1)Nc1ccc(N2CCN(c3ncccn3)CC2)cn1. The van der Waals surface area contributed by atoms with Gasteiger partial charge in [-0.15, -0.1) is 11.3 Å². The summed E-state index contributed by atoms with van der Waals surface area (Å²) in [6, 6.07) is 9.59. The van der Waals surface area contributed by atoms with Gasteiger partial charge in [0.15, 0.2) is 0 Å². The summed E-state index contributed by atoms with van der Waals surface area (Å²) in [4.78, 5) is 30.6. The van der Waals surface area contributed by atoms with Crippen LogP contribution in [0.3, 0.4) is 0 Å². The first-order chi connectivity index (χ1) is 13.3. The van der Waals surface area contributed by atoms with Gasteiger partial charge in [0.1, 0.15) is 5.82 Å². The van der Waals surface area contributed by atoms with Crippen LogP contribution in [0.1, 0.15) is 4.88 Å². The highest BCUT2D eigenvalue weighted by atomic mass is 32.1. The molecule has 8 heteroatoms. The maximum atomic E-state index is 12.1. The lowest BCUT2D eigenvalue weighted by molar-refractivity contribution is -0.115. The molecule has 0 radical (unpaired) electrons. The Hall–Kier alpha value is -3.00. The van der Waals surface area contributed by atoms with Gasteiger partial charge < -0.3 is 15.1 Å². The number of piperazine rings is 1. The van der Waals surface area contributed by atoms with Gasteiger partial charge in [0, 0.05) is 43.4 Å². The Morgan fingerprint density at radius 3 is 2.44 bits per heavy atom. The molecule has 1 fully saturated rings. The van der Waals surface area contributed by atoms with Crippen LogP contribution in [0, 0.1) is 0 Å². The summed E-state index contributed by atoms with van der Waals surface area (Å²) in [7, 11) is 0. The first-order valence-electron chi connectivity index (χ1n) is 8.83. The zero-order chi connectivity index (χ0) is 18.5. The van der Waals surface area contributed by atoms with Crippen molar-refractivity contribution in [3.63, 3.8) is 0 Å². The van der Waals surface area contributed by atoms with Crippen LogP contribution in [0.15, 0.2) is 54.3 Å². The van der Waals surface area contributed by atoms with Crippen LogP contribution in [0.25, 0.3) is 0 Å². The van der Waals surface area contributed by atoms with Crippen LogP contribution in [0.5, 0.6) is 0 Å². The van der Waals surface area contributed by atoms with E-state index in [2.05, 4.69) is 30.1 Å². The third-order valence-corrected chi connectivity index (χ3v) is 5.29. The fourth-order valence-electron chi connectivity index (χ4n) is 3.02. The van der Waals surface area contributed by atoms with Crippen molar-refractivity contribution < 1.29 is 4.79 Å². The molecule has 0 aliphatic carbocycles. The summed E-state index contributed by atoms with van der Waals surface area (Å²) in [6.45, 7) is 3.49. The molecule has 4 rings (SSSR count). The molecule has 4 heterocycles. The highest BCUT2D eigenvalue weighted by Crippen LogP contribution is 2.19. The highest BCUT2D eigenvalue weighted by Gasteiger charge is 2.19. The Labute approximate surface area is 161 Å². The Balaban J connectivity index is 1.31. The van der Waals surface area contributed by atoms with Crippen LogP contribution in [0.4, 0.5) is 17.5 Å². The number of nitrogens with zero attached hydrogens (tertiary/aromatic N) is 5. The number of hydrogen-bond acceptors (Lipinski definition) is 7. The van der Waals surface area contributed by atoms with E-state index in [1.165, 1.54) is 0 Å². The molecule has 0 aromatic carbocycles. The van der Waals surface area contributed by atoms with Crippen LogP contribution in [-0.4, -0.2) is 47.0 Å². The number of hydrogen-bond donors (Lipinski definition) is 1. The second-order valence-electron chi connectivity index (χ2n) is 6.23. The summed E-state index contributed by atoms with van der Waals surface area (Å²) in [5.74, 6) is 1.31. The maximum Gasteiger partial charge on any atom is 0.230 e. The average molecular weight is 380 g/mol. The fourth-order valence-corrected chi connectivity index (χ4v) is 3.73. The van der Waals surface area contributed by atoms with Crippen LogP contribution in [-0.2, 0) is 11.2 Å². The van der Waals surface area contributed by atoms with Crippen LogP contribution in [0.2, 0.25) is 0 Å². The second kappa shape index (κ2) is 8.13. The fraction of sp³-hybridized carbons (Fsp3) is 0.263. The number of thiophene rings is 1. The monoisotopic (exact) mass is 380 g/mol. The zero-order valence-corrected chi connectivity index (χ0v) is 15.6. The van der Waals surface area contributed by atoms with Gasteiger partial charge in [-0.25, -0.2) is 15.0 Å². The summed E-state index contributed by atoms with van der Waals surface area (Å²) < 4.78 is 0. The minimum atomic E-state index is -0.0471. The van der Waals surface area contributed by atoms with Crippen molar-refractivity contribution in [1.29, 1.82) is 0 Å². The maximum absolute atomic E-state index is 12.1. The normalized spacial score (nSPS) is 14.2. The van der Waals surface area contributed by atoms with E-state index in [-0.39, 0.29) is 5.91 Å². The van der Waals surface area contributed by atoms with E-state index >= 15 is 0 Å². The first kappa shape index (κ1) is 17.4. The standard InChI is InChI=1S/C19H20N6OS/c26-18(13-16-3-1-12-27-16)23-17-5-4-15(14-22-17)24-8-10-25(11-9-24)19-20-6-2-7-21-19/h1-7,12,14H,8-11,13H2,(H,22,23,26). The number of anilines is 3. The van der Waals surface area contributed by atoms with Crippen LogP contribution >= 0.6 is 11.3 Å². The van der Waals surface area contributed by atoms with Gasteiger partial charge in [-0.05, 0) is 29.6 Å². The van der Waals surface area contributed by atoms with Crippen molar-refractivity contribution in [2.45, 2.75) is 6.42 Å². The van der Waals surface area contributed by atoms with Gasteiger partial charge in [-0.1, -0.05) is 6.07 Å². The summed E-state index contributed by atoms with van der Waals surface area (Å²) in [6.07, 6.45) is 5.73. The van der Waals surface area contributed by atoms with E-state index in [1.807, 2.05) is 41.9 Å². The Bertz CT molecular complexity index is 861. The Morgan fingerprint density at radius 1 is 1.00 bits per heavy atom. The van der Waals surface area contributed by atoms with Crippen molar-refractivity contribution in [3.05, 3.63) is 59.2 Å². The number of carbonyl (C=O) groups excluding carboxylic acids is 1. The molecule has 7 nitrogen and oxygen atoms in total. The highest BCUT2D eigenvalue weighted by molar-refractivity contribution is 7.10. The molecule has 1 saturated heterocycles. The Kier molecular flexibility index (Phi) is 5.24. The number of amides is 1. The number of pyridine rings is 1. The van der Waals surface area contributed by atoms with Crippen molar-refractivity contribution >= 4 is 34.7 Å². The molecule has 1 N–H and O–H groups in total. The van der Waals surface area contributed by atoms with Crippen molar-refractivity contribution in [1.82, 2.24) is 15.0 Å². The molecular weight excluding hydrogens is 360 g/mol. The van der Waals surface area contributed by atoms with E-state index in [0.717, 1.165) is 42.7 Å². The zero-order valence-electron chi connectivity index (χ0n) is 14.8. The topological polar surface area (TPSA) is 74.2 Å². The van der Waals surface area contributed by atoms with Crippen LogP contribution < -0.4 is 15.1 Å². The third-order valence-electron chi connectivity index (χ3n) is 4.41. The molecule has 0 unspecified atom stereocenters. The minimum Gasteiger partial charge on any atom is -0.367 e. The Morgan fingerprint density at radius 2 is 1.78 bits per heavy atom. The predicted octanol–water partition coefficient (Wildman–Crippen LogP) is 2.44. The predicted molar refractivity (Wildman–Crippen MR) is 107 cm³/mol. The van der Waals surface area contributed by atoms with Crippen molar-refractivity contribution in [2.24, 2.45) is 0 Å². The minimum absolute atomic E-state index is 0.0471. The summed E-state index contributed by atoms with van der Waals surface area (Å²) >= 11 is 1.58. The quantitative estimate of drug-likeness (QED) is 0.733. The van der Waals surface area contributed by atoms with Crippen molar-refractivity contribution in [3.8, 4) is 0 Å². The average Bonchev–Trinajstić information content (AvgIpc) is 3.22. The summed E-state index contributed by atoms with van der Waals surface area (Å²) in [5.41, 5.74) is 1.06. The lowest BCUT2D eigenvalue weighted by Crippen LogP contribution is -2.47. The second-order valence-corrected chi connectivity index (χ2v) is 7.26. The third kappa shape index (κ3) is 4.40. The van der Waals surface area contributed by atoms with Gasteiger partial charge in [0.2, 0.25) is 11.9 Å².